The molecule has 206 valence electrons. The molecule has 3 aromatic rings. The molecule has 1 saturated heterocycles. The fourth-order valence-electron chi connectivity index (χ4n) is 6.15. The maximum atomic E-state index is 6.80. The van der Waals surface area contributed by atoms with Crippen LogP contribution < -0.4 is 4.74 Å². The van der Waals surface area contributed by atoms with Gasteiger partial charge in [0.15, 0.2) is 0 Å². The van der Waals surface area contributed by atoms with E-state index in [4.69, 9.17) is 21.1 Å². The van der Waals surface area contributed by atoms with Crippen LogP contribution >= 0.6 is 11.6 Å². The largest absolute Gasteiger partial charge is 0.493 e. The van der Waals surface area contributed by atoms with Gasteiger partial charge < -0.3 is 9.47 Å². The second-order valence-electron chi connectivity index (χ2n) is 10.5. The average molecular weight is 561 g/mol. The minimum atomic E-state index is -0.681. The average Bonchev–Trinajstić information content (AvgIpc) is 3.44. The zero-order chi connectivity index (χ0) is 28.4. The maximum Gasteiger partial charge on any atom is 0.119 e. The second kappa shape index (κ2) is 11.5. The van der Waals surface area contributed by atoms with Crippen molar-refractivity contribution in [3.8, 4) is 5.75 Å². The number of morpholine rings is 1. The fourth-order valence-corrected chi connectivity index (χ4v) is 6.36. The summed E-state index contributed by atoms with van der Waals surface area (Å²) < 4.78 is 12.1. The van der Waals surface area contributed by atoms with E-state index in [9.17, 15) is 0 Å². The van der Waals surface area contributed by atoms with Crippen LogP contribution in [0.4, 0.5) is 0 Å². The lowest BCUT2D eigenvalue weighted by atomic mass is 9.72. The highest BCUT2D eigenvalue weighted by Gasteiger charge is 2.46. The first-order chi connectivity index (χ1) is 20.0. The summed E-state index contributed by atoms with van der Waals surface area (Å²) in [7, 11) is 0. The summed E-state index contributed by atoms with van der Waals surface area (Å²) in [5, 5.41) is 0.725. The molecular weight excluding hydrogens is 528 g/mol. The van der Waals surface area contributed by atoms with Gasteiger partial charge in [-0.05, 0) is 68.8 Å². The summed E-state index contributed by atoms with van der Waals surface area (Å²) in [6, 6.07) is 21.2. The molecule has 3 aromatic carbocycles. The molecular formula is C36H33ClN2O2. The monoisotopic (exact) mass is 560 g/mol. The van der Waals surface area contributed by atoms with E-state index in [1.165, 1.54) is 0 Å². The summed E-state index contributed by atoms with van der Waals surface area (Å²) in [6.45, 7) is 16.2. The van der Waals surface area contributed by atoms with Crippen molar-refractivity contribution in [1.29, 1.82) is 0 Å². The molecule has 0 amide bonds. The number of fused-ring (bicyclic) bond motifs is 6. The van der Waals surface area contributed by atoms with Crippen molar-refractivity contribution in [3.63, 3.8) is 0 Å². The molecule has 3 heterocycles. The van der Waals surface area contributed by atoms with Gasteiger partial charge in [-0.2, -0.15) is 0 Å². The Balaban J connectivity index is 1.70. The molecule has 0 saturated carbocycles. The van der Waals surface area contributed by atoms with Crippen molar-refractivity contribution in [2.24, 2.45) is 4.99 Å². The molecule has 0 aromatic heterocycles. The van der Waals surface area contributed by atoms with Crippen molar-refractivity contribution in [1.82, 2.24) is 4.90 Å². The van der Waals surface area contributed by atoms with Gasteiger partial charge in [-0.1, -0.05) is 86.0 Å². The summed E-state index contributed by atoms with van der Waals surface area (Å²) in [4.78, 5) is 7.07. The van der Waals surface area contributed by atoms with Crippen LogP contribution in [0.25, 0.3) is 11.6 Å². The Morgan fingerprint density at radius 3 is 2.54 bits per heavy atom. The first kappa shape index (κ1) is 27.2. The van der Waals surface area contributed by atoms with Gasteiger partial charge in [-0.25, -0.2) is 0 Å². The van der Waals surface area contributed by atoms with E-state index in [2.05, 4.69) is 78.2 Å². The van der Waals surface area contributed by atoms with Crippen molar-refractivity contribution < 1.29 is 9.47 Å². The Kier molecular flexibility index (Phi) is 7.63. The first-order valence-electron chi connectivity index (χ1n) is 13.9. The van der Waals surface area contributed by atoms with Crippen LogP contribution in [0.15, 0.2) is 115 Å². The number of benzene rings is 3. The molecule has 1 atom stereocenters. The van der Waals surface area contributed by atoms with E-state index in [1.807, 2.05) is 36.7 Å². The normalized spacial score (nSPS) is 21.0. The lowest BCUT2D eigenvalue weighted by Crippen LogP contribution is -2.53. The number of halogens is 1. The third-order valence-electron chi connectivity index (χ3n) is 8.15. The third-order valence-corrected chi connectivity index (χ3v) is 8.52. The molecule has 0 radical (unpaired) electrons. The zero-order valence-corrected chi connectivity index (χ0v) is 23.9. The molecule has 0 N–H and O–H groups in total. The van der Waals surface area contributed by atoms with Crippen LogP contribution in [0.1, 0.15) is 33.4 Å². The maximum absolute atomic E-state index is 6.80. The van der Waals surface area contributed by atoms with Gasteiger partial charge in [0.05, 0.1) is 25.4 Å². The topological polar surface area (TPSA) is 34.1 Å². The Bertz CT molecular complexity index is 1630. The molecule has 3 aliphatic heterocycles. The van der Waals surface area contributed by atoms with Gasteiger partial charge in [-0.15, -0.1) is 0 Å². The molecule has 41 heavy (non-hydrogen) atoms. The van der Waals surface area contributed by atoms with Crippen LogP contribution in [-0.4, -0.2) is 44.0 Å². The molecule has 3 aliphatic rings. The number of allylic oxidation sites excluding steroid dienone is 2. The lowest BCUT2D eigenvalue weighted by Gasteiger charge is -2.48. The van der Waals surface area contributed by atoms with Gasteiger partial charge >= 0.3 is 0 Å². The lowest BCUT2D eigenvalue weighted by molar-refractivity contribution is 0.00189. The highest BCUT2D eigenvalue weighted by atomic mass is 35.5. The predicted molar refractivity (Wildman–Crippen MR) is 170 cm³/mol. The van der Waals surface area contributed by atoms with Gasteiger partial charge in [0.25, 0.3) is 0 Å². The van der Waals surface area contributed by atoms with Crippen LogP contribution in [0.3, 0.4) is 0 Å². The van der Waals surface area contributed by atoms with Crippen LogP contribution in [-0.2, 0) is 16.7 Å². The quantitative estimate of drug-likeness (QED) is 0.308. The van der Waals surface area contributed by atoms with Crippen LogP contribution in [0, 0.1) is 0 Å². The summed E-state index contributed by atoms with van der Waals surface area (Å²) in [5.41, 5.74) is 8.53. The molecule has 1 unspecified atom stereocenters. The van der Waals surface area contributed by atoms with E-state index in [1.54, 1.807) is 6.08 Å². The van der Waals surface area contributed by atoms with Gasteiger partial charge in [0.2, 0.25) is 0 Å². The first-order valence-corrected chi connectivity index (χ1v) is 14.3. The molecule has 0 spiro atoms. The summed E-state index contributed by atoms with van der Waals surface area (Å²) in [5.74, 6) is 0.805. The van der Waals surface area contributed by atoms with E-state index in [0.29, 0.717) is 26.2 Å². The Hall–Kier alpha value is -3.96. The van der Waals surface area contributed by atoms with Gasteiger partial charge in [0, 0.05) is 42.5 Å². The standard InChI is InChI=1S/C36H33ClN2O2/c1-4-5-7-27-10-11-31-22-33(27)26(3)28-8-6-9-32(21-28)41-17-14-29-20-30(12-13-35(29)37)36(31,34-24-38-23-25(34)2)39-15-18-40-19-16-39/h4-13,20-24H,1-3,14-19H2/b7-5-. The van der Waals surface area contributed by atoms with Gasteiger partial charge in [0.1, 0.15) is 5.75 Å². The smallest absolute Gasteiger partial charge is 0.119 e. The highest BCUT2D eigenvalue weighted by molar-refractivity contribution is 6.31. The van der Waals surface area contributed by atoms with Crippen molar-refractivity contribution in [2.75, 3.05) is 32.9 Å². The highest BCUT2D eigenvalue weighted by Crippen LogP contribution is 2.48. The number of hydrogen-bond donors (Lipinski definition) is 0. The van der Waals surface area contributed by atoms with Crippen LogP contribution in [0.5, 0.6) is 5.75 Å². The molecule has 0 aliphatic carbocycles. The number of aliphatic imine (C=N–C) groups is 1. The minimum absolute atomic E-state index is 0.501. The van der Waals surface area contributed by atoms with Crippen LogP contribution in [0.2, 0.25) is 5.02 Å². The summed E-state index contributed by atoms with van der Waals surface area (Å²) >= 11 is 6.80. The Labute approximate surface area is 247 Å². The number of hydrogen-bond acceptors (Lipinski definition) is 4. The minimum Gasteiger partial charge on any atom is -0.493 e. The summed E-state index contributed by atoms with van der Waals surface area (Å²) in [6.07, 6.45) is 10.3. The predicted octanol–water partition coefficient (Wildman–Crippen LogP) is 7.64. The van der Waals surface area contributed by atoms with Crippen molar-refractivity contribution >= 4 is 29.5 Å². The fraction of sp³-hybridized carbons (Fsp3) is 0.194. The Morgan fingerprint density at radius 1 is 0.951 bits per heavy atom. The van der Waals surface area contributed by atoms with E-state index in [-0.39, 0.29) is 0 Å². The van der Waals surface area contributed by atoms with Crippen molar-refractivity contribution in [3.05, 3.63) is 148 Å². The number of nitrogens with zero attached hydrogens (tertiary/aromatic N) is 2. The SMILES string of the molecule is C=C/C=C\c1ccc2cc1C(=C)c1cccc(c1)OCCc1cc(ccc1Cl)C2(C1=CN=CC1=C)N1CCOCC1. The third kappa shape index (κ3) is 4.93. The van der Waals surface area contributed by atoms with Gasteiger partial charge in [-0.3, -0.25) is 9.89 Å². The van der Waals surface area contributed by atoms with E-state index >= 15 is 0 Å². The zero-order valence-electron chi connectivity index (χ0n) is 23.1. The molecule has 5 heteroatoms. The van der Waals surface area contributed by atoms with Crippen molar-refractivity contribution in [2.45, 2.75) is 12.0 Å². The second-order valence-corrected chi connectivity index (χ2v) is 10.9. The Morgan fingerprint density at radius 2 is 1.76 bits per heavy atom. The van der Waals surface area contributed by atoms with E-state index < -0.39 is 5.54 Å². The number of rotatable bonds is 4. The molecule has 6 rings (SSSR count). The molecule has 4 nitrogen and oxygen atoms in total. The molecule has 1 fully saturated rings. The number of ether oxygens (including phenoxy) is 2. The van der Waals surface area contributed by atoms with E-state index in [0.717, 1.165) is 74.0 Å². The molecule has 6 bridgehead atoms.